The van der Waals surface area contributed by atoms with Gasteiger partial charge in [-0.3, -0.25) is 9.59 Å². The lowest BCUT2D eigenvalue weighted by Gasteiger charge is -2.53. The smallest absolute Gasteiger partial charge is 0.201 e. The Bertz CT molecular complexity index is 1080. The molecule has 0 unspecified atom stereocenters. The standard InChI is InChI=1S/C25H26O4/c1-24(2)10-5-11-25(3)17-13-29-23(14(17)8-9-20(24)25)16-12-19(27)15-6-4-7-18(26)21(15)22(16)28/h4,6-7,12-13,20,26H,5,8-11H2,1-3H3/t20-,25+/m0/s1. The molecule has 2 aromatic rings. The molecule has 0 bridgehead atoms. The average molecular weight is 390 g/mol. The molecule has 0 amide bonds. The van der Waals surface area contributed by atoms with Gasteiger partial charge in [0.25, 0.3) is 0 Å². The molecule has 5 rings (SSSR count). The molecule has 1 fully saturated rings. The van der Waals surface area contributed by atoms with Crippen molar-refractivity contribution >= 4 is 17.1 Å². The summed E-state index contributed by atoms with van der Waals surface area (Å²) >= 11 is 0. The van der Waals surface area contributed by atoms with Crippen molar-refractivity contribution in [3.8, 4) is 5.75 Å². The number of phenols is 1. The number of carbonyl (C=O) groups is 2. The van der Waals surface area contributed by atoms with Crippen molar-refractivity contribution in [3.05, 3.63) is 58.6 Å². The van der Waals surface area contributed by atoms with Gasteiger partial charge >= 0.3 is 0 Å². The number of allylic oxidation sites excluding steroid dienone is 2. The molecule has 0 radical (unpaired) electrons. The van der Waals surface area contributed by atoms with E-state index in [9.17, 15) is 14.7 Å². The van der Waals surface area contributed by atoms with Crippen molar-refractivity contribution in [2.45, 2.75) is 58.3 Å². The summed E-state index contributed by atoms with van der Waals surface area (Å²) in [6.07, 6.45) is 8.63. The van der Waals surface area contributed by atoms with Crippen molar-refractivity contribution in [1.29, 1.82) is 0 Å². The molecule has 1 aromatic heterocycles. The SMILES string of the molecule is CC1(C)CCC[C@]2(C)c3coc(C4=CC(=O)c5cccc(O)c5C4=O)c3CC[C@@H]12. The highest BCUT2D eigenvalue weighted by molar-refractivity contribution is 6.39. The van der Waals surface area contributed by atoms with Crippen LogP contribution in [0.4, 0.5) is 0 Å². The van der Waals surface area contributed by atoms with Crippen LogP contribution in [0, 0.1) is 11.3 Å². The molecule has 1 aromatic carbocycles. The minimum absolute atomic E-state index is 0.0272. The van der Waals surface area contributed by atoms with Gasteiger partial charge in [0.15, 0.2) is 5.78 Å². The van der Waals surface area contributed by atoms with E-state index in [2.05, 4.69) is 20.8 Å². The summed E-state index contributed by atoms with van der Waals surface area (Å²) in [6, 6.07) is 4.61. The van der Waals surface area contributed by atoms with Crippen LogP contribution in [0.25, 0.3) is 5.57 Å². The van der Waals surface area contributed by atoms with Crippen molar-refractivity contribution in [2.24, 2.45) is 11.3 Å². The first-order chi connectivity index (χ1) is 13.7. The number of hydrogen-bond acceptors (Lipinski definition) is 4. The number of ketones is 2. The molecule has 1 N–H and O–H groups in total. The first kappa shape index (κ1) is 18.4. The molecule has 0 saturated heterocycles. The Labute approximate surface area is 170 Å². The van der Waals surface area contributed by atoms with Gasteiger partial charge in [0, 0.05) is 22.8 Å². The fraction of sp³-hybridized carbons (Fsp3) is 0.440. The van der Waals surface area contributed by atoms with E-state index >= 15 is 0 Å². The summed E-state index contributed by atoms with van der Waals surface area (Å²) in [4.78, 5) is 25.8. The maximum Gasteiger partial charge on any atom is 0.201 e. The Kier molecular flexibility index (Phi) is 3.77. The van der Waals surface area contributed by atoms with Crippen molar-refractivity contribution < 1.29 is 19.1 Å². The summed E-state index contributed by atoms with van der Waals surface area (Å²) in [7, 11) is 0. The predicted octanol–water partition coefficient (Wildman–Crippen LogP) is 5.48. The highest BCUT2D eigenvalue weighted by Gasteiger charge is 2.51. The Morgan fingerprint density at radius 3 is 2.72 bits per heavy atom. The van der Waals surface area contributed by atoms with Crippen LogP contribution in [0.2, 0.25) is 0 Å². The number of rotatable bonds is 1. The number of fused-ring (bicyclic) bond motifs is 4. The quantitative estimate of drug-likeness (QED) is 0.700. The lowest BCUT2D eigenvalue weighted by atomic mass is 9.51. The molecule has 0 spiro atoms. The van der Waals surface area contributed by atoms with E-state index in [-0.39, 0.29) is 44.8 Å². The predicted molar refractivity (Wildman–Crippen MR) is 110 cm³/mol. The maximum atomic E-state index is 13.2. The van der Waals surface area contributed by atoms with E-state index < -0.39 is 0 Å². The van der Waals surface area contributed by atoms with Gasteiger partial charge in [-0.2, -0.15) is 0 Å². The van der Waals surface area contributed by atoms with Crippen LogP contribution in [0.15, 0.2) is 35.0 Å². The summed E-state index contributed by atoms with van der Waals surface area (Å²) in [6.45, 7) is 7.07. The van der Waals surface area contributed by atoms with Gasteiger partial charge in [-0.1, -0.05) is 39.3 Å². The summed E-state index contributed by atoms with van der Waals surface area (Å²) < 4.78 is 5.99. The molecule has 150 valence electrons. The fourth-order valence-corrected chi connectivity index (χ4v) is 6.34. The molecular weight excluding hydrogens is 364 g/mol. The molecular formula is C25H26O4. The van der Waals surface area contributed by atoms with Gasteiger partial charge in [0.1, 0.15) is 11.5 Å². The first-order valence-electron chi connectivity index (χ1n) is 10.5. The zero-order valence-corrected chi connectivity index (χ0v) is 17.2. The molecule has 3 aliphatic rings. The second-order valence-electron chi connectivity index (χ2n) is 9.76. The molecule has 4 nitrogen and oxygen atoms in total. The molecule has 2 atom stereocenters. The van der Waals surface area contributed by atoms with Gasteiger partial charge in [-0.05, 0) is 48.5 Å². The molecule has 1 heterocycles. The number of benzene rings is 1. The molecule has 0 aliphatic heterocycles. The van der Waals surface area contributed by atoms with E-state index in [1.165, 1.54) is 30.5 Å². The molecule has 3 aliphatic carbocycles. The zero-order chi connectivity index (χ0) is 20.6. The second kappa shape index (κ2) is 5.94. The largest absolute Gasteiger partial charge is 0.507 e. The summed E-state index contributed by atoms with van der Waals surface area (Å²) in [5.74, 6) is 0.313. The lowest BCUT2D eigenvalue weighted by Crippen LogP contribution is -2.47. The van der Waals surface area contributed by atoms with Gasteiger partial charge in [-0.15, -0.1) is 0 Å². The van der Waals surface area contributed by atoms with Gasteiger partial charge in [-0.25, -0.2) is 0 Å². The summed E-state index contributed by atoms with van der Waals surface area (Å²) in [5, 5.41) is 10.2. The summed E-state index contributed by atoms with van der Waals surface area (Å²) in [5.41, 5.74) is 3.16. The molecule has 29 heavy (non-hydrogen) atoms. The van der Waals surface area contributed by atoms with Crippen molar-refractivity contribution in [2.75, 3.05) is 0 Å². The number of hydrogen-bond donors (Lipinski definition) is 1. The first-order valence-corrected chi connectivity index (χ1v) is 10.5. The number of aromatic hydroxyl groups is 1. The minimum Gasteiger partial charge on any atom is -0.507 e. The van der Waals surface area contributed by atoms with Crippen LogP contribution in [0.3, 0.4) is 0 Å². The average Bonchev–Trinajstić information content (AvgIpc) is 3.09. The van der Waals surface area contributed by atoms with Crippen molar-refractivity contribution in [3.63, 3.8) is 0 Å². The van der Waals surface area contributed by atoms with Crippen LogP contribution >= 0.6 is 0 Å². The number of Topliss-reactive ketones (excluding diaryl/α,β-unsaturated/α-hetero) is 1. The van der Waals surface area contributed by atoms with Crippen LogP contribution in [-0.2, 0) is 11.8 Å². The third-order valence-corrected chi connectivity index (χ3v) is 7.72. The monoisotopic (exact) mass is 390 g/mol. The van der Waals surface area contributed by atoms with Crippen LogP contribution in [0.1, 0.15) is 84.1 Å². The van der Waals surface area contributed by atoms with Crippen molar-refractivity contribution in [1.82, 2.24) is 0 Å². The second-order valence-corrected chi connectivity index (χ2v) is 9.76. The molecule has 1 saturated carbocycles. The Hall–Kier alpha value is -2.62. The molecule has 4 heteroatoms. The minimum atomic E-state index is -0.342. The highest BCUT2D eigenvalue weighted by Crippen LogP contribution is 2.58. The third-order valence-electron chi connectivity index (χ3n) is 7.72. The van der Waals surface area contributed by atoms with E-state index in [0.717, 1.165) is 24.8 Å². The fourth-order valence-electron chi connectivity index (χ4n) is 6.34. The van der Waals surface area contributed by atoms with Crippen LogP contribution < -0.4 is 0 Å². The van der Waals surface area contributed by atoms with Crippen LogP contribution in [-0.4, -0.2) is 16.7 Å². The van der Waals surface area contributed by atoms with Gasteiger partial charge in [0.05, 0.1) is 17.4 Å². The van der Waals surface area contributed by atoms with E-state index in [1.54, 1.807) is 12.1 Å². The third kappa shape index (κ3) is 2.44. The van der Waals surface area contributed by atoms with E-state index in [0.29, 0.717) is 11.7 Å². The van der Waals surface area contributed by atoms with Crippen LogP contribution in [0.5, 0.6) is 5.75 Å². The lowest BCUT2D eigenvalue weighted by molar-refractivity contribution is 0.0408. The topological polar surface area (TPSA) is 67.5 Å². The maximum absolute atomic E-state index is 13.2. The van der Waals surface area contributed by atoms with Gasteiger partial charge in [0.2, 0.25) is 5.78 Å². The Balaban J connectivity index is 1.62. The van der Waals surface area contributed by atoms with E-state index in [4.69, 9.17) is 4.42 Å². The van der Waals surface area contributed by atoms with Gasteiger partial charge < -0.3 is 9.52 Å². The number of furan rings is 1. The number of phenolic OH excluding ortho intramolecular Hbond substituents is 1. The Morgan fingerprint density at radius 1 is 1.14 bits per heavy atom. The highest BCUT2D eigenvalue weighted by atomic mass is 16.3. The number of carbonyl (C=O) groups excluding carboxylic acids is 2. The normalized spacial score (nSPS) is 27.7. The zero-order valence-electron chi connectivity index (χ0n) is 17.2. The Morgan fingerprint density at radius 2 is 1.93 bits per heavy atom. The van der Waals surface area contributed by atoms with E-state index in [1.807, 2.05) is 6.26 Å².